The molecule has 0 saturated heterocycles. The standard InChI is InChI=1S/C17H29N3O3/c1-6-17(7-2,20-15(22)23-16(3,4)5)12-18-10-13-8-9-14(21)11-19-13/h8-9,11,18,21H,6-7,10,12H2,1-5H3,(H,20,22). The summed E-state index contributed by atoms with van der Waals surface area (Å²) in [5, 5.41) is 15.6. The van der Waals surface area contributed by atoms with Crippen molar-refractivity contribution < 1.29 is 14.6 Å². The van der Waals surface area contributed by atoms with Crippen LogP contribution in [0.15, 0.2) is 18.3 Å². The number of carbonyl (C=O) groups excluding carboxylic acids is 1. The van der Waals surface area contributed by atoms with E-state index >= 15 is 0 Å². The average molecular weight is 323 g/mol. The van der Waals surface area contributed by atoms with Gasteiger partial charge in [0, 0.05) is 13.1 Å². The normalized spacial score (nSPS) is 12.0. The summed E-state index contributed by atoms with van der Waals surface area (Å²) in [5.41, 5.74) is -0.0406. The summed E-state index contributed by atoms with van der Waals surface area (Å²) in [6, 6.07) is 3.37. The summed E-state index contributed by atoms with van der Waals surface area (Å²) in [4.78, 5) is 16.2. The lowest BCUT2D eigenvalue weighted by atomic mass is 9.93. The van der Waals surface area contributed by atoms with Gasteiger partial charge in [-0.15, -0.1) is 0 Å². The van der Waals surface area contributed by atoms with E-state index in [-0.39, 0.29) is 11.3 Å². The highest BCUT2D eigenvalue weighted by Crippen LogP contribution is 2.16. The maximum absolute atomic E-state index is 12.1. The topological polar surface area (TPSA) is 83.5 Å². The predicted octanol–water partition coefficient (Wildman–Crippen LogP) is 2.96. The lowest BCUT2D eigenvalue weighted by Crippen LogP contribution is -2.55. The zero-order valence-corrected chi connectivity index (χ0v) is 14.8. The van der Waals surface area contributed by atoms with Crippen molar-refractivity contribution in [2.45, 2.75) is 65.1 Å². The molecule has 1 rings (SSSR count). The van der Waals surface area contributed by atoms with Crippen molar-refractivity contribution in [2.75, 3.05) is 6.54 Å². The molecule has 0 saturated carbocycles. The Bertz CT molecular complexity index is 491. The van der Waals surface area contributed by atoms with Gasteiger partial charge in [0.05, 0.1) is 17.4 Å². The van der Waals surface area contributed by atoms with Crippen LogP contribution >= 0.6 is 0 Å². The molecule has 1 heterocycles. The lowest BCUT2D eigenvalue weighted by molar-refractivity contribution is 0.0446. The van der Waals surface area contributed by atoms with Gasteiger partial charge >= 0.3 is 6.09 Å². The minimum Gasteiger partial charge on any atom is -0.506 e. The van der Waals surface area contributed by atoms with Gasteiger partial charge in [-0.3, -0.25) is 4.98 Å². The monoisotopic (exact) mass is 323 g/mol. The van der Waals surface area contributed by atoms with Gasteiger partial charge in [-0.25, -0.2) is 4.79 Å². The fraction of sp³-hybridized carbons (Fsp3) is 0.647. The number of carbonyl (C=O) groups is 1. The first-order valence-corrected chi connectivity index (χ1v) is 8.05. The Balaban J connectivity index is 2.58. The number of aromatic nitrogens is 1. The zero-order valence-electron chi connectivity index (χ0n) is 14.8. The first kappa shape index (κ1) is 19.2. The second kappa shape index (κ2) is 8.15. The second-order valence-electron chi connectivity index (χ2n) is 6.73. The molecular weight excluding hydrogens is 294 g/mol. The average Bonchev–Trinajstić information content (AvgIpc) is 2.46. The van der Waals surface area contributed by atoms with Crippen molar-refractivity contribution in [1.82, 2.24) is 15.6 Å². The van der Waals surface area contributed by atoms with E-state index in [4.69, 9.17) is 4.74 Å². The maximum atomic E-state index is 12.1. The lowest BCUT2D eigenvalue weighted by Gasteiger charge is -2.34. The molecule has 130 valence electrons. The van der Waals surface area contributed by atoms with E-state index in [9.17, 15) is 9.90 Å². The fourth-order valence-electron chi connectivity index (χ4n) is 2.19. The van der Waals surface area contributed by atoms with Gasteiger partial charge in [0.2, 0.25) is 0 Å². The molecule has 0 radical (unpaired) electrons. The Morgan fingerprint density at radius 1 is 1.26 bits per heavy atom. The Morgan fingerprint density at radius 3 is 2.39 bits per heavy atom. The van der Waals surface area contributed by atoms with Crippen LogP contribution in [-0.2, 0) is 11.3 Å². The molecule has 0 aliphatic rings. The summed E-state index contributed by atoms with van der Waals surface area (Å²) < 4.78 is 5.36. The summed E-state index contributed by atoms with van der Waals surface area (Å²) in [5.74, 6) is 0.150. The molecule has 1 amide bonds. The van der Waals surface area contributed by atoms with Crippen LogP contribution in [0.4, 0.5) is 4.79 Å². The highest BCUT2D eigenvalue weighted by atomic mass is 16.6. The van der Waals surface area contributed by atoms with Gasteiger partial charge in [0.15, 0.2) is 0 Å². The minimum absolute atomic E-state index is 0.150. The molecule has 0 aliphatic heterocycles. The van der Waals surface area contributed by atoms with Crippen LogP contribution in [-0.4, -0.2) is 33.9 Å². The van der Waals surface area contributed by atoms with Gasteiger partial charge in [0.1, 0.15) is 11.4 Å². The summed E-state index contributed by atoms with van der Waals surface area (Å²) in [6.07, 6.45) is 2.60. The van der Waals surface area contributed by atoms with Crippen molar-refractivity contribution in [3.63, 3.8) is 0 Å². The van der Waals surface area contributed by atoms with Gasteiger partial charge < -0.3 is 20.5 Å². The number of ether oxygens (including phenoxy) is 1. The van der Waals surface area contributed by atoms with E-state index in [0.29, 0.717) is 13.1 Å². The molecule has 0 atom stereocenters. The molecule has 3 N–H and O–H groups in total. The first-order valence-electron chi connectivity index (χ1n) is 8.05. The summed E-state index contributed by atoms with van der Waals surface area (Å²) in [6.45, 7) is 10.8. The zero-order chi connectivity index (χ0) is 17.5. The molecule has 1 aromatic rings. The Morgan fingerprint density at radius 2 is 1.91 bits per heavy atom. The van der Waals surface area contributed by atoms with E-state index in [0.717, 1.165) is 18.5 Å². The molecule has 0 aromatic carbocycles. The second-order valence-corrected chi connectivity index (χ2v) is 6.73. The van der Waals surface area contributed by atoms with Crippen LogP contribution in [0.1, 0.15) is 53.2 Å². The number of nitrogens with zero attached hydrogens (tertiary/aromatic N) is 1. The number of nitrogens with one attached hydrogen (secondary N) is 2. The Hall–Kier alpha value is -1.82. The van der Waals surface area contributed by atoms with Gasteiger partial charge in [0.25, 0.3) is 0 Å². The molecule has 6 heteroatoms. The summed E-state index contributed by atoms with van der Waals surface area (Å²) in [7, 11) is 0. The van der Waals surface area contributed by atoms with Crippen molar-refractivity contribution in [3.05, 3.63) is 24.0 Å². The third-order valence-corrected chi connectivity index (χ3v) is 3.70. The van der Waals surface area contributed by atoms with Gasteiger partial charge in [-0.2, -0.15) is 0 Å². The van der Waals surface area contributed by atoms with Crippen LogP contribution in [0.2, 0.25) is 0 Å². The van der Waals surface area contributed by atoms with E-state index in [2.05, 4.69) is 15.6 Å². The quantitative estimate of drug-likeness (QED) is 0.718. The number of pyridine rings is 1. The van der Waals surface area contributed by atoms with Crippen LogP contribution in [0, 0.1) is 0 Å². The van der Waals surface area contributed by atoms with Crippen LogP contribution in [0.5, 0.6) is 5.75 Å². The fourth-order valence-corrected chi connectivity index (χ4v) is 2.19. The molecule has 0 fully saturated rings. The minimum atomic E-state index is -0.513. The van der Waals surface area contributed by atoms with Crippen LogP contribution < -0.4 is 10.6 Å². The first-order chi connectivity index (χ1) is 10.7. The number of aromatic hydroxyl groups is 1. The highest BCUT2D eigenvalue weighted by Gasteiger charge is 2.30. The Labute approximate surface area is 138 Å². The third-order valence-electron chi connectivity index (χ3n) is 3.70. The van der Waals surface area contributed by atoms with Crippen molar-refractivity contribution in [3.8, 4) is 5.75 Å². The maximum Gasteiger partial charge on any atom is 0.408 e. The molecule has 0 aliphatic carbocycles. The number of rotatable bonds is 7. The largest absolute Gasteiger partial charge is 0.506 e. The van der Waals surface area contributed by atoms with E-state index in [1.165, 1.54) is 6.20 Å². The number of hydrogen-bond acceptors (Lipinski definition) is 5. The molecule has 1 aromatic heterocycles. The number of hydrogen-bond donors (Lipinski definition) is 3. The smallest absolute Gasteiger partial charge is 0.408 e. The van der Waals surface area contributed by atoms with Gasteiger partial charge in [-0.1, -0.05) is 13.8 Å². The molecule has 23 heavy (non-hydrogen) atoms. The summed E-state index contributed by atoms with van der Waals surface area (Å²) >= 11 is 0. The molecule has 6 nitrogen and oxygen atoms in total. The molecule has 0 spiro atoms. The Kier molecular flexibility index (Phi) is 6.81. The van der Waals surface area contributed by atoms with E-state index < -0.39 is 11.7 Å². The number of amides is 1. The van der Waals surface area contributed by atoms with E-state index in [1.807, 2.05) is 34.6 Å². The highest BCUT2D eigenvalue weighted by molar-refractivity contribution is 5.68. The molecule has 0 bridgehead atoms. The van der Waals surface area contributed by atoms with Crippen LogP contribution in [0.25, 0.3) is 0 Å². The SMILES string of the molecule is CCC(CC)(CNCc1ccc(O)cn1)NC(=O)OC(C)(C)C. The van der Waals surface area contributed by atoms with E-state index in [1.54, 1.807) is 12.1 Å². The van der Waals surface area contributed by atoms with Crippen molar-refractivity contribution in [2.24, 2.45) is 0 Å². The molecular formula is C17H29N3O3. The molecule has 0 unspecified atom stereocenters. The van der Waals surface area contributed by atoms with Crippen molar-refractivity contribution >= 4 is 6.09 Å². The number of alkyl carbamates (subject to hydrolysis) is 1. The third kappa shape index (κ3) is 6.86. The van der Waals surface area contributed by atoms with Gasteiger partial charge in [-0.05, 0) is 45.7 Å². The predicted molar refractivity (Wildman–Crippen MR) is 90.3 cm³/mol. The van der Waals surface area contributed by atoms with Crippen molar-refractivity contribution in [1.29, 1.82) is 0 Å². The van der Waals surface area contributed by atoms with Crippen LogP contribution in [0.3, 0.4) is 0 Å².